The van der Waals surface area contributed by atoms with E-state index in [0.29, 0.717) is 11.3 Å². The van der Waals surface area contributed by atoms with Crippen molar-refractivity contribution in [3.63, 3.8) is 0 Å². The van der Waals surface area contributed by atoms with Gasteiger partial charge in [-0.2, -0.15) is 5.10 Å². The summed E-state index contributed by atoms with van der Waals surface area (Å²) in [5.74, 6) is 0.529. The van der Waals surface area contributed by atoms with Crippen molar-refractivity contribution in [3.05, 3.63) is 47.8 Å². The molecule has 6 nitrogen and oxygen atoms in total. The zero-order chi connectivity index (χ0) is 17.1. The Labute approximate surface area is 141 Å². The van der Waals surface area contributed by atoms with Gasteiger partial charge in [0.15, 0.2) is 0 Å². The summed E-state index contributed by atoms with van der Waals surface area (Å²) >= 11 is 0. The van der Waals surface area contributed by atoms with E-state index in [1.807, 2.05) is 30.3 Å². The second-order valence-corrected chi connectivity index (χ2v) is 6.27. The first kappa shape index (κ1) is 16.5. The first-order valence-corrected chi connectivity index (χ1v) is 8.25. The Morgan fingerprint density at radius 3 is 2.75 bits per heavy atom. The normalized spacial score (nSPS) is 23.7. The quantitative estimate of drug-likeness (QED) is 0.897. The molecule has 0 saturated heterocycles. The Kier molecular flexibility index (Phi) is 4.85. The molecule has 0 spiro atoms. The van der Waals surface area contributed by atoms with Gasteiger partial charge in [-0.15, -0.1) is 0 Å². The molecular weight excluding hydrogens is 306 g/mol. The van der Waals surface area contributed by atoms with Gasteiger partial charge < -0.3 is 15.2 Å². The fourth-order valence-electron chi connectivity index (χ4n) is 3.17. The van der Waals surface area contributed by atoms with Gasteiger partial charge in [-0.25, -0.2) is 0 Å². The van der Waals surface area contributed by atoms with E-state index in [4.69, 9.17) is 4.74 Å². The number of nitrogens with zero attached hydrogens (tertiary/aromatic N) is 2. The van der Waals surface area contributed by atoms with Crippen LogP contribution in [0.4, 0.5) is 0 Å². The van der Waals surface area contributed by atoms with Crippen molar-refractivity contribution in [3.8, 4) is 5.75 Å². The van der Waals surface area contributed by atoms with Crippen LogP contribution in [0.25, 0.3) is 0 Å². The average Bonchev–Trinajstić information content (AvgIpc) is 2.91. The van der Waals surface area contributed by atoms with E-state index < -0.39 is 6.10 Å². The molecule has 1 aliphatic carbocycles. The molecule has 1 heterocycles. The lowest BCUT2D eigenvalue weighted by molar-refractivity contribution is -0.0140. The van der Waals surface area contributed by atoms with Crippen LogP contribution in [0.15, 0.2) is 36.5 Å². The molecule has 128 valence electrons. The number of para-hydroxylation sites is 1. The number of aromatic nitrogens is 2. The number of aliphatic hydroxyl groups is 1. The lowest BCUT2D eigenvalue weighted by Gasteiger charge is -2.35. The van der Waals surface area contributed by atoms with E-state index in [1.165, 1.54) is 0 Å². The number of aliphatic hydroxyl groups excluding tert-OH is 1. The highest BCUT2D eigenvalue weighted by molar-refractivity contribution is 5.95. The van der Waals surface area contributed by atoms with Crippen molar-refractivity contribution in [2.75, 3.05) is 0 Å². The number of carbonyl (C=O) groups is 1. The Morgan fingerprint density at radius 1 is 1.33 bits per heavy atom. The zero-order valence-corrected chi connectivity index (χ0v) is 14.0. The average molecular weight is 329 g/mol. The van der Waals surface area contributed by atoms with Gasteiger partial charge in [0.25, 0.3) is 5.91 Å². The highest BCUT2D eigenvalue weighted by Gasteiger charge is 2.34. The summed E-state index contributed by atoms with van der Waals surface area (Å²) in [7, 11) is 1.78. The van der Waals surface area contributed by atoms with Crippen LogP contribution in [-0.2, 0) is 7.05 Å². The molecule has 1 aromatic carbocycles. The largest absolute Gasteiger partial charge is 0.488 e. The predicted octanol–water partition coefficient (Wildman–Crippen LogP) is 1.82. The number of amides is 1. The molecule has 3 rings (SSSR count). The number of ether oxygens (including phenoxy) is 1. The van der Waals surface area contributed by atoms with Gasteiger partial charge >= 0.3 is 0 Å². The minimum atomic E-state index is -0.736. The standard InChI is InChI=1S/C18H23N3O3/c1-12-14(11-21(2)20-12)18(23)19-15-9-6-10-16(17(15)22)24-13-7-4-3-5-8-13/h3-5,7-8,11,15-17,22H,6,9-10H2,1-2H3,(H,19,23)/t15-,16-,17-/m1/s1. The van der Waals surface area contributed by atoms with Crippen LogP contribution in [0.5, 0.6) is 5.75 Å². The summed E-state index contributed by atoms with van der Waals surface area (Å²) in [5, 5.41) is 17.7. The van der Waals surface area contributed by atoms with Gasteiger partial charge in [0.05, 0.1) is 17.3 Å². The van der Waals surface area contributed by atoms with Crippen LogP contribution in [0.1, 0.15) is 35.3 Å². The first-order chi connectivity index (χ1) is 11.5. The first-order valence-electron chi connectivity index (χ1n) is 8.25. The van der Waals surface area contributed by atoms with Crippen LogP contribution >= 0.6 is 0 Å². The second kappa shape index (κ2) is 7.05. The molecular formula is C18H23N3O3. The third-order valence-corrected chi connectivity index (χ3v) is 4.40. The van der Waals surface area contributed by atoms with Crippen molar-refractivity contribution in [1.29, 1.82) is 0 Å². The van der Waals surface area contributed by atoms with Crippen molar-refractivity contribution in [2.45, 2.75) is 44.4 Å². The lowest BCUT2D eigenvalue weighted by Crippen LogP contribution is -2.52. The molecule has 1 saturated carbocycles. The Morgan fingerprint density at radius 2 is 2.08 bits per heavy atom. The van der Waals surface area contributed by atoms with Crippen molar-refractivity contribution >= 4 is 5.91 Å². The maximum Gasteiger partial charge on any atom is 0.255 e. The summed E-state index contributed by atoms with van der Waals surface area (Å²) in [4.78, 5) is 12.4. The minimum Gasteiger partial charge on any atom is -0.488 e. The molecule has 6 heteroatoms. The Hall–Kier alpha value is -2.34. The minimum absolute atomic E-state index is 0.204. The molecule has 0 unspecified atom stereocenters. The van der Waals surface area contributed by atoms with E-state index in [2.05, 4.69) is 10.4 Å². The number of carbonyl (C=O) groups excluding carboxylic acids is 1. The summed E-state index contributed by atoms with van der Waals surface area (Å²) in [6.07, 6.45) is 3.04. The van der Waals surface area contributed by atoms with Crippen molar-refractivity contribution in [2.24, 2.45) is 7.05 Å². The van der Waals surface area contributed by atoms with Gasteiger partial charge in [-0.3, -0.25) is 9.48 Å². The van der Waals surface area contributed by atoms with Crippen LogP contribution in [-0.4, -0.2) is 39.0 Å². The maximum atomic E-state index is 12.4. The number of nitrogens with one attached hydrogen (secondary N) is 1. The van der Waals surface area contributed by atoms with Crippen LogP contribution in [0, 0.1) is 6.92 Å². The fraction of sp³-hybridized carbons (Fsp3) is 0.444. The molecule has 1 amide bonds. The topological polar surface area (TPSA) is 76.4 Å². The van der Waals surface area contributed by atoms with Gasteiger partial charge in [0.1, 0.15) is 18.0 Å². The second-order valence-electron chi connectivity index (χ2n) is 6.27. The molecule has 2 N–H and O–H groups in total. The summed E-state index contributed by atoms with van der Waals surface area (Å²) in [5.41, 5.74) is 1.22. The van der Waals surface area contributed by atoms with E-state index in [1.54, 1.807) is 24.9 Å². The number of hydrogen-bond donors (Lipinski definition) is 2. The van der Waals surface area contributed by atoms with Gasteiger partial charge in [-0.05, 0) is 38.3 Å². The van der Waals surface area contributed by atoms with Gasteiger partial charge in [-0.1, -0.05) is 18.2 Å². The number of benzene rings is 1. The Balaban J connectivity index is 1.65. The lowest BCUT2D eigenvalue weighted by atomic mass is 9.89. The highest BCUT2D eigenvalue weighted by atomic mass is 16.5. The third-order valence-electron chi connectivity index (χ3n) is 4.40. The molecule has 0 bridgehead atoms. The molecule has 1 fully saturated rings. The summed E-state index contributed by atoms with van der Waals surface area (Å²) in [6.45, 7) is 1.80. The van der Waals surface area contributed by atoms with Crippen LogP contribution in [0.3, 0.4) is 0 Å². The smallest absolute Gasteiger partial charge is 0.255 e. The molecule has 1 aliphatic rings. The zero-order valence-electron chi connectivity index (χ0n) is 14.0. The van der Waals surface area contributed by atoms with Crippen LogP contribution in [0.2, 0.25) is 0 Å². The molecule has 0 radical (unpaired) electrons. The number of rotatable bonds is 4. The van der Waals surface area contributed by atoms with Crippen molar-refractivity contribution < 1.29 is 14.6 Å². The molecule has 24 heavy (non-hydrogen) atoms. The van der Waals surface area contributed by atoms with Gasteiger partial charge in [0.2, 0.25) is 0 Å². The van der Waals surface area contributed by atoms with Crippen LogP contribution < -0.4 is 10.1 Å². The molecule has 1 aromatic heterocycles. The monoisotopic (exact) mass is 329 g/mol. The highest BCUT2D eigenvalue weighted by Crippen LogP contribution is 2.24. The maximum absolute atomic E-state index is 12.4. The third kappa shape index (κ3) is 3.59. The SMILES string of the molecule is Cc1nn(C)cc1C(=O)N[C@@H]1CCC[C@@H](Oc2ccccc2)[C@@H]1O. The summed E-state index contributed by atoms with van der Waals surface area (Å²) < 4.78 is 7.51. The van der Waals surface area contributed by atoms with E-state index in [0.717, 1.165) is 25.0 Å². The molecule has 3 atom stereocenters. The molecule has 0 aliphatic heterocycles. The van der Waals surface area contributed by atoms with E-state index in [-0.39, 0.29) is 18.1 Å². The fourth-order valence-corrected chi connectivity index (χ4v) is 3.17. The number of aryl methyl sites for hydroxylation is 2. The van der Waals surface area contributed by atoms with Gasteiger partial charge in [0, 0.05) is 13.2 Å². The van der Waals surface area contributed by atoms with E-state index >= 15 is 0 Å². The number of hydrogen-bond acceptors (Lipinski definition) is 4. The van der Waals surface area contributed by atoms with E-state index in [9.17, 15) is 9.90 Å². The predicted molar refractivity (Wildman–Crippen MR) is 89.9 cm³/mol. The Bertz CT molecular complexity index is 699. The summed E-state index contributed by atoms with van der Waals surface area (Å²) in [6, 6.07) is 9.13. The van der Waals surface area contributed by atoms with Crippen molar-refractivity contribution in [1.82, 2.24) is 15.1 Å². The molecule has 2 aromatic rings.